The van der Waals surface area contributed by atoms with E-state index < -0.39 is 6.04 Å². The van der Waals surface area contributed by atoms with E-state index in [-0.39, 0.29) is 75.5 Å². The maximum atomic E-state index is 11.5. The Bertz CT molecular complexity index is 556. The molecule has 1 unspecified atom stereocenters. The molecule has 0 fully saturated rings. The molecule has 0 rings (SSSR count). The van der Waals surface area contributed by atoms with Crippen molar-refractivity contribution in [1.82, 2.24) is 9.80 Å². The number of nitrogens with zero attached hydrogens (tertiary/aromatic N) is 2. The molecule has 180 valence electrons. The van der Waals surface area contributed by atoms with Crippen LogP contribution in [0.2, 0.25) is 12.6 Å². The molecule has 1 atom stereocenters. The van der Waals surface area contributed by atoms with Crippen molar-refractivity contribution in [3.05, 3.63) is 0 Å². The van der Waals surface area contributed by atoms with E-state index >= 15 is 0 Å². The summed E-state index contributed by atoms with van der Waals surface area (Å²) in [6.45, 7) is 5.09. The lowest BCUT2D eigenvalue weighted by Crippen LogP contribution is -2.45. The zero-order valence-electron chi connectivity index (χ0n) is 19.2. The highest BCUT2D eigenvalue weighted by molar-refractivity contribution is 6.20. The predicted molar refractivity (Wildman–Crippen MR) is 121 cm³/mol. The second-order valence-corrected chi connectivity index (χ2v) is 6.86. The molecule has 0 saturated carbocycles. The van der Waals surface area contributed by atoms with Crippen molar-refractivity contribution >= 4 is 39.1 Å². The molecule has 4 radical (unpaired) electrons. The van der Waals surface area contributed by atoms with Gasteiger partial charge in [0.25, 0.3) is 0 Å². The summed E-state index contributed by atoms with van der Waals surface area (Å²) in [5.74, 6) is -0.750. The number of carbonyl (C=O) groups excluding carboxylic acids is 4. The van der Waals surface area contributed by atoms with Crippen LogP contribution >= 0.6 is 0 Å². The maximum absolute atomic E-state index is 11.5. The van der Waals surface area contributed by atoms with Crippen LogP contribution in [0.1, 0.15) is 13.8 Å². The summed E-state index contributed by atoms with van der Waals surface area (Å²) in [6.07, 6.45) is -0.233. The van der Waals surface area contributed by atoms with Gasteiger partial charge in [-0.1, -0.05) is 0 Å². The minimum atomic E-state index is -0.400. The third-order valence-electron chi connectivity index (χ3n) is 3.68. The van der Waals surface area contributed by atoms with Crippen LogP contribution in [0, 0.1) is 0 Å². The fourth-order valence-corrected chi connectivity index (χ4v) is 2.35. The molecular weight excluding hydrogens is 418 g/mol. The maximum Gasteiger partial charge on any atom is 0.214 e. The highest BCUT2D eigenvalue weighted by atomic mass is 16.5. The second kappa shape index (κ2) is 21.1. The number of Topliss-reactive ketones (excluding diaryl/α,β-unsaturated/α-hetero) is 2. The van der Waals surface area contributed by atoms with E-state index in [0.29, 0.717) is 26.3 Å². The third-order valence-corrected chi connectivity index (χ3v) is 3.68. The van der Waals surface area contributed by atoms with Gasteiger partial charge in [-0.05, 0) is 26.5 Å². The topological polar surface area (TPSA) is 165 Å². The highest BCUT2D eigenvalue weighted by Gasteiger charge is 2.16. The number of nitrogens with two attached hydrogens (primary N) is 2. The van der Waals surface area contributed by atoms with E-state index in [2.05, 4.69) is 0 Å². The van der Waals surface area contributed by atoms with Gasteiger partial charge in [-0.3, -0.25) is 19.2 Å². The normalized spacial score (nSPS) is 11.2. The summed E-state index contributed by atoms with van der Waals surface area (Å²) in [7, 11) is 10.4. The van der Waals surface area contributed by atoms with Crippen LogP contribution in [0.25, 0.3) is 0 Å². The molecule has 0 aliphatic heterocycles. The van der Waals surface area contributed by atoms with Gasteiger partial charge in [0.05, 0.1) is 61.8 Å². The van der Waals surface area contributed by atoms with Gasteiger partial charge in [0.1, 0.15) is 11.6 Å². The first-order chi connectivity index (χ1) is 15.1. The van der Waals surface area contributed by atoms with E-state index in [1.165, 1.54) is 23.6 Å². The van der Waals surface area contributed by atoms with E-state index in [4.69, 9.17) is 41.7 Å². The van der Waals surface area contributed by atoms with Gasteiger partial charge in [0.2, 0.25) is 11.8 Å². The Morgan fingerprint density at radius 2 is 1.41 bits per heavy atom. The van der Waals surface area contributed by atoms with Crippen molar-refractivity contribution in [1.29, 1.82) is 0 Å². The first-order valence-corrected chi connectivity index (χ1v) is 10.3. The molecule has 0 saturated heterocycles. The monoisotopic (exact) mass is 454 g/mol. The number of carbonyl (C=O) groups is 4. The smallest absolute Gasteiger partial charge is 0.214 e. The highest BCUT2D eigenvalue weighted by Crippen LogP contribution is 1.97. The first kappa shape index (κ1) is 32.4. The molecule has 0 aliphatic rings. The third kappa shape index (κ3) is 18.9. The number of aliphatic hydroxyl groups is 1. The van der Waals surface area contributed by atoms with Crippen LogP contribution in [0.15, 0.2) is 0 Å². The summed E-state index contributed by atoms with van der Waals surface area (Å²) in [4.78, 5) is 47.0. The number of hydrogen-bond acceptors (Lipinski definition) is 9. The summed E-state index contributed by atoms with van der Waals surface area (Å²) < 4.78 is 10.3. The Labute approximate surface area is 192 Å². The average molecular weight is 454 g/mol. The van der Waals surface area contributed by atoms with Crippen LogP contribution in [0.3, 0.4) is 0 Å². The number of amides is 2. The lowest BCUT2D eigenvalue weighted by atomic mass is 10.0. The Kier molecular flexibility index (Phi) is 21.3. The van der Waals surface area contributed by atoms with E-state index in [1.807, 2.05) is 0 Å². The van der Waals surface area contributed by atoms with Gasteiger partial charge in [0.15, 0.2) is 0 Å². The predicted octanol–water partition coefficient (Wildman–Crippen LogP) is -2.71. The van der Waals surface area contributed by atoms with Crippen LogP contribution in [0.5, 0.6) is 0 Å². The summed E-state index contributed by atoms with van der Waals surface area (Å²) in [6, 6.07) is -0.400. The molecule has 5 N–H and O–H groups in total. The lowest BCUT2D eigenvalue weighted by molar-refractivity contribution is -0.133. The van der Waals surface area contributed by atoms with Crippen molar-refractivity contribution < 1.29 is 33.8 Å². The van der Waals surface area contributed by atoms with Crippen molar-refractivity contribution in [2.45, 2.75) is 32.5 Å². The zero-order chi connectivity index (χ0) is 24.9. The number of hydrogen-bond donors (Lipinski definition) is 3. The molecule has 0 aromatic carbocycles. The van der Waals surface area contributed by atoms with Crippen LogP contribution in [-0.4, -0.2) is 126 Å². The largest absolute Gasteiger partial charge is 0.394 e. The zero-order valence-corrected chi connectivity index (χ0v) is 19.2. The van der Waals surface area contributed by atoms with Gasteiger partial charge in [-0.25, -0.2) is 0 Å². The standard InChI is InChI=1S/C12H23BN2O5.C7H13BN2O2/c1-10(17)7-15(12(18)6-13)8-11(14)9-20-5-4-19-3-2-16;1-6(11)5-10(3-2-9)7(12)4-8/h11,16H,2-9,14H2,1H3;2-5,9H2,1H3. The molecule has 0 bridgehead atoms. The van der Waals surface area contributed by atoms with Gasteiger partial charge in [-0.2, -0.15) is 0 Å². The molecule has 11 nitrogen and oxygen atoms in total. The SMILES string of the molecule is [B]CC(=O)N(CC(C)=O)CC(N)COCCOCCO.[B]CC(=O)N(CCN)CC(C)=O. The molecule has 2 amide bonds. The van der Waals surface area contributed by atoms with E-state index in [0.717, 1.165) is 0 Å². The van der Waals surface area contributed by atoms with Gasteiger partial charge in [0, 0.05) is 25.7 Å². The summed E-state index contributed by atoms with van der Waals surface area (Å²) >= 11 is 0. The van der Waals surface area contributed by atoms with E-state index in [9.17, 15) is 19.2 Å². The van der Waals surface area contributed by atoms with Crippen molar-refractivity contribution in [2.24, 2.45) is 11.5 Å². The van der Waals surface area contributed by atoms with E-state index in [1.54, 1.807) is 0 Å². The van der Waals surface area contributed by atoms with Gasteiger partial charge < -0.3 is 35.8 Å². The molecule has 0 aromatic heterocycles. The van der Waals surface area contributed by atoms with Gasteiger partial charge in [-0.15, -0.1) is 0 Å². The number of rotatable bonds is 17. The minimum absolute atomic E-state index is 0.00332. The molecule has 0 heterocycles. The quantitative estimate of drug-likeness (QED) is 0.157. The molecule has 0 aromatic rings. The number of aliphatic hydroxyl groups excluding tert-OH is 1. The molecular formula is C19H36B2N4O7. The average Bonchev–Trinajstić information content (AvgIpc) is 2.74. The van der Waals surface area contributed by atoms with Crippen molar-refractivity contribution in [3.63, 3.8) is 0 Å². The Balaban J connectivity index is 0. The Morgan fingerprint density at radius 1 is 0.906 bits per heavy atom. The fraction of sp³-hybridized carbons (Fsp3) is 0.789. The summed E-state index contributed by atoms with van der Waals surface area (Å²) in [5.41, 5.74) is 11.1. The Hall–Kier alpha value is -1.79. The molecule has 0 aliphatic carbocycles. The van der Waals surface area contributed by atoms with Crippen molar-refractivity contribution in [2.75, 3.05) is 65.8 Å². The molecule has 32 heavy (non-hydrogen) atoms. The number of ether oxygens (including phenoxy) is 2. The van der Waals surface area contributed by atoms with Gasteiger partial charge >= 0.3 is 0 Å². The first-order valence-electron chi connectivity index (χ1n) is 10.3. The van der Waals surface area contributed by atoms with Crippen LogP contribution in [-0.2, 0) is 28.7 Å². The lowest BCUT2D eigenvalue weighted by Gasteiger charge is -2.24. The summed E-state index contributed by atoms with van der Waals surface area (Å²) in [5, 5.41) is 8.50. The molecule has 13 heteroatoms. The fourth-order valence-electron chi connectivity index (χ4n) is 2.35. The van der Waals surface area contributed by atoms with Crippen molar-refractivity contribution in [3.8, 4) is 0 Å². The number of ketones is 2. The van der Waals surface area contributed by atoms with Crippen LogP contribution < -0.4 is 11.5 Å². The molecule has 0 spiro atoms. The minimum Gasteiger partial charge on any atom is -0.394 e. The van der Waals surface area contributed by atoms with Crippen LogP contribution in [0.4, 0.5) is 0 Å². The second-order valence-electron chi connectivity index (χ2n) is 6.86. The Morgan fingerprint density at radius 3 is 1.88 bits per heavy atom.